The van der Waals surface area contributed by atoms with Gasteiger partial charge in [0.05, 0.1) is 34.7 Å². The lowest BCUT2D eigenvalue weighted by Gasteiger charge is -2.23. The molecule has 0 saturated carbocycles. The standard InChI is InChI=1S/C32H28N4O4S2/c1-4-39-24-15-13-21(14-16-24)28-22(19-35(34-28)23-10-7-6-8-11-23)18-26-30(37)36-29(25-12-9-17-41-25)27(31(38)40-5-2)20(3)33-32(36)42-26/h6-19,29H,4-5H2,1-3H3/b26-18+/t29-/m0/s1. The molecule has 5 aromatic rings. The molecule has 3 aromatic heterocycles. The largest absolute Gasteiger partial charge is 0.494 e. The van der Waals surface area contributed by atoms with Gasteiger partial charge in [-0.1, -0.05) is 35.6 Å². The van der Waals surface area contributed by atoms with Crippen molar-refractivity contribution in [1.82, 2.24) is 14.3 Å². The number of carbonyl (C=O) groups is 1. The molecular formula is C32H28N4O4S2. The molecule has 0 radical (unpaired) electrons. The van der Waals surface area contributed by atoms with Gasteiger partial charge < -0.3 is 9.47 Å². The van der Waals surface area contributed by atoms with Crippen molar-refractivity contribution in [3.05, 3.63) is 120 Å². The zero-order valence-electron chi connectivity index (χ0n) is 23.3. The fourth-order valence-electron chi connectivity index (χ4n) is 4.95. The summed E-state index contributed by atoms with van der Waals surface area (Å²) >= 11 is 2.79. The fourth-order valence-corrected chi connectivity index (χ4v) is 6.82. The summed E-state index contributed by atoms with van der Waals surface area (Å²) in [5, 5.41) is 6.84. The second kappa shape index (κ2) is 11.8. The average molecular weight is 597 g/mol. The Balaban J connectivity index is 1.52. The number of para-hydroxylation sites is 1. The Labute approximate surface area is 250 Å². The number of ether oxygens (including phenoxy) is 2. The summed E-state index contributed by atoms with van der Waals surface area (Å²) < 4.78 is 14.9. The highest BCUT2D eigenvalue weighted by Gasteiger charge is 2.34. The monoisotopic (exact) mass is 596 g/mol. The highest BCUT2D eigenvalue weighted by atomic mass is 32.1. The van der Waals surface area contributed by atoms with Gasteiger partial charge in [0.1, 0.15) is 17.5 Å². The van der Waals surface area contributed by atoms with Crippen LogP contribution in [0.25, 0.3) is 23.0 Å². The summed E-state index contributed by atoms with van der Waals surface area (Å²) in [5.74, 6) is 0.313. The Hall–Kier alpha value is -4.54. The van der Waals surface area contributed by atoms with Gasteiger partial charge in [0.2, 0.25) is 0 Å². The molecule has 4 heterocycles. The van der Waals surface area contributed by atoms with Crippen molar-refractivity contribution in [3.8, 4) is 22.7 Å². The fraction of sp³-hybridized carbons (Fsp3) is 0.188. The molecule has 10 heteroatoms. The van der Waals surface area contributed by atoms with E-state index in [0.29, 0.717) is 27.2 Å². The van der Waals surface area contributed by atoms with Crippen LogP contribution < -0.4 is 19.6 Å². The van der Waals surface area contributed by atoms with Gasteiger partial charge >= 0.3 is 5.97 Å². The number of benzene rings is 2. The number of aromatic nitrogens is 3. The molecule has 2 aromatic carbocycles. The van der Waals surface area contributed by atoms with Gasteiger partial charge in [-0.15, -0.1) is 11.3 Å². The van der Waals surface area contributed by atoms with Crippen molar-refractivity contribution in [2.24, 2.45) is 4.99 Å². The summed E-state index contributed by atoms with van der Waals surface area (Å²) in [5.41, 5.74) is 4.00. The van der Waals surface area contributed by atoms with E-state index in [0.717, 1.165) is 33.1 Å². The summed E-state index contributed by atoms with van der Waals surface area (Å²) in [6.07, 6.45) is 3.78. The van der Waals surface area contributed by atoms with Gasteiger partial charge in [-0.3, -0.25) is 9.36 Å². The summed E-state index contributed by atoms with van der Waals surface area (Å²) in [4.78, 5) is 33.2. The molecule has 42 heavy (non-hydrogen) atoms. The maximum absolute atomic E-state index is 14.1. The summed E-state index contributed by atoms with van der Waals surface area (Å²) in [6, 6.07) is 20.8. The minimum Gasteiger partial charge on any atom is -0.494 e. The highest BCUT2D eigenvalue weighted by molar-refractivity contribution is 7.10. The van der Waals surface area contributed by atoms with Crippen LogP contribution in [0.15, 0.2) is 99.4 Å². The van der Waals surface area contributed by atoms with Crippen LogP contribution in [0, 0.1) is 0 Å². The number of thiophene rings is 1. The Bertz CT molecular complexity index is 1950. The van der Waals surface area contributed by atoms with Gasteiger partial charge in [0.25, 0.3) is 5.56 Å². The molecule has 6 rings (SSSR count). The Morgan fingerprint density at radius 1 is 1.02 bits per heavy atom. The smallest absolute Gasteiger partial charge is 0.338 e. The molecule has 0 N–H and O–H groups in total. The number of thiazole rings is 1. The SMILES string of the molecule is CCOC(=O)C1=C(C)N=c2s/c(=C/c3cn(-c4ccccc4)nc3-c3ccc(OCC)cc3)c(=O)n2[C@H]1c1cccs1. The third kappa shape index (κ3) is 5.15. The second-order valence-corrected chi connectivity index (χ2v) is 11.5. The molecule has 1 aliphatic heterocycles. The summed E-state index contributed by atoms with van der Waals surface area (Å²) in [6.45, 7) is 6.32. The van der Waals surface area contributed by atoms with E-state index in [1.165, 1.54) is 22.7 Å². The molecule has 0 fully saturated rings. The number of hydrogen-bond donors (Lipinski definition) is 0. The predicted molar refractivity (Wildman–Crippen MR) is 165 cm³/mol. The van der Waals surface area contributed by atoms with E-state index in [2.05, 4.69) is 4.99 Å². The molecule has 1 aliphatic rings. The van der Waals surface area contributed by atoms with E-state index in [9.17, 15) is 9.59 Å². The minimum atomic E-state index is -0.611. The predicted octanol–water partition coefficient (Wildman–Crippen LogP) is 5.11. The van der Waals surface area contributed by atoms with Crippen LogP contribution in [-0.4, -0.2) is 33.5 Å². The normalized spacial score (nSPS) is 14.9. The number of fused-ring (bicyclic) bond motifs is 1. The lowest BCUT2D eigenvalue weighted by molar-refractivity contribution is -0.139. The molecule has 0 bridgehead atoms. The van der Waals surface area contributed by atoms with Gasteiger partial charge in [-0.05, 0) is 74.7 Å². The maximum Gasteiger partial charge on any atom is 0.338 e. The number of carbonyl (C=O) groups excluding carboxylic acids is 1. The zero-order valence-corrected chi connectivity index (χ0v) is 24.9. The van der Waals surface area contributed by atoms with Crippen molar-refractivity contribution in [3.63, 3.8) is 0 Å². The second-order valence-electron chi connectivity index (χ2n) is 9.49. The molecule has 212 valence electrons. The van der Waals surface area contributed by atoms with E-state index >= 15 is 0 Å². The van der Waals surface area contributed by atoms with Crippen LogP contribution in [0.5, 0.6) is 5.75 Å². The molecule has 0 unspecified atom stereocenters. The first-order chi connectivity index (χ1) is 20.5. The molecular weight excluding hydrogens is 569 g/mol. The van der Waals surface area contributed by atoms with Crippen LogP contribution >= 0.6 is 22.7 Å². The van der Waals surface area contributed by atoms with E-state index < -0.39 is 12.0 Å². The zero-order chi connectivity index (χ0) is 29.2. The quantitative estimate of drug-likeness (QED) is 0.232. The Kier molecular flexibility index (Phi) is 7.73. The number of hydrogen-bond acceptors (Lipinski definition) is 8. The van der Waals surface area contributed by atoms with Gasteiger partial charge in [0.15, 0.2) is 4.80 Å². The molecule has 0 spiro atoms. The highest BCUT2D eigenvalue weighted by Crippen LogP contribution is 2.33. The van der Waals surface area contributed by atoms with Crippen molar-refractivity contribution >= 4 is 34.7 Å². The van der Waals surface area contributed by atoms with Gasteiger partial charge in [-0.25, -0.2) is 14.5 Å². The lowest BCUT2D eigenvalue weighted by atomic mass is 10.0. The van der Waals surface area contributed by atoms with Crippen molar-refractivity contribution in [1.29, 1.82) is 0 Å². The van der Waals surface area contributed by atoms with Crippen molar-refractivity contribution < 1.29 is 14.3 Å². The topological polar surface area (TPSA) is 87.7 Å². The number of esters is 1. The first-order valence-corrected chi connectivity index (χ1v) is 15.3. The third-order valence-corrected chi connectivity index (χ3v) is 8.73. The van der Waals surface area contributed by atoms with Gasteiger partial charge in [0, 0.05) is 22.2 Å². The van der Waals surface area contributed by atoms with E-state index in [1.807, 2.05) is 96.0 Å². The average Bonchev–Trinajstić information content (AvgIpc) is 3.74. The van der Waals surface area contributed by atoms with Gasteiger partial charge in [-0.2, -0.15) is 5.10 Å². The molecule has 8 nitrogen and oxygen atoms in total. The maximum atomic E-state index is 14.1. The first-order valence-electron chi connectivity index (χ1n) is 13.6. The lowest BCUT2D eigenvalue weighted by Crippen LogP contribution is -2.39. The van der Waals surface area contributed by atoms with Crippen molar-refractivity contribution in [2.45, 2.75) is 26.8 Å². The molecule has 0 saturated heterocycles. The Morgan fingerprint density at radius 2 is 1.81 bits per heavy atom. The molecule has 0 amide bonds. The van der Waals surface area contributed by atoms with E-state index in [1.54, 1.807) is 18.4 Å². The molecule has 1 atom stereocenters. The van der Waals surface area contributed by atoms with Crippen LogP contribution in [0.4, 0.5) is 0 Å². The summed E-state index contributed by atoms with van der Waals surface area (Å²) in [7, 11) is 0. The van der Waals surface area contributed by atoms with Crippen LogP contribution in [0.3, 0.4) is 0 Å². The van der Waals surface area contributed by atoms with Crippen LogP contribution in [0.2, 0.25) is 0 Å². The van der Waals surface area contributed by atoms with E-state index in [-0.39, 0.29) is 12.2 Å². The minimum absolute atomic E-state index is 0.225. The number of allylic oxidation sites excluding steroid dienone is 1. The third-order valence-electron chi connectivity index (χ3n) is 6.82. The Morgan fingerprint density at radius 3 is 2.50 bits per heavy atom. The van der Waals surface area contributed by atoms with Crippen molar-refractivity contribution in [2.75, 3.05) is 13.2 Å². The van der Waals surface area contributed by atoms with Crippen LogP contribution in [0.1, 0.15) is 37.3 Å². The number of nitrogens with zero attached hydrogens (tertiary/aromatic N) is 4. The first kappa shape index (κ1) is 27.6. The van der Waals surface area contributed by atoms with E-state index in [4.69, 9.17) is 14.6 Å². The van der Waals surface area contributed by atoms with Crippen LogP contribution in [-0.2, 0) is 9.53 Å². The number of rotatable bonds is 8. The molecule has 0 aliphatic carbocycles.